The standard InChI is InChI=1S/C20H22FN3O3/c21-17-6-4-14(5-7-17)12-15-8-10-23(11-9-15)19(20(22)25)16-2-1-3-18(13-16)24(26)27/h1-7,13,15,19H,8-12H2,(H2,22,25). The lowest BCUT2D eigenvalue weighted by Gasteiger charge is -2.36. The molecule has 142 valence electrons. The summed E-state index contributed by atoms with van der Waals surface area (Å²) >= 11 is 0. The number of benzene rings is 2. The van der Waals surface area contributed by atoms with Crippen LogP contribution in [0.15, 0.2) is 48.5 Å². The number of carbonyl (C=O) groups excluding carboxylic acids is 1. The number of rotatable bonds is 6. The van der Waals surface area contributed by atoms with E-state index in [-0.39, 0.29) is 11.5 Å². The molecule has 1 unspecified atom stereocenters. The lowest BCUT2D eigenvalue weighted by Crippen LogP contribution is -2.42. The highest BCUT2D eigenvalue weighted by molar-refractivity contribution is 5.81. The summed E-state index contributed by atoms with van der Waals surface area (Å²) < 4.78 is 13.0. The molecule has 0 aliphatic carbocycles. The number of non-ortho nitro benzene ring substituents is 1. The summed E-state index contributed by atoms with van der Waals surface area (Å²) in [5.41, 5.74) is 7.21. The van der Waals surface area contributed by atoms with E-state index >= 15 is 0 Å². The van der Waals surface area contributed by atoms with Crippen molar-refractivity contribution in [2.75, 3.05) is 13.1 Å². The summed E-state index contributed by atoms with van der Waals surface area (Å²) in [5.74, 6) is -0.298. The van der Waals surface area contributed by atoms with Crippen molar-refractivity contribution in [1.82, 2.24) is 4.90 Å². The van der Waals surface area contributed by atoms with Gasteiger partial charge in [0.25, 0.3) is 5.69 Å². The molecule has 2 aromatic carbocycles. The van der Waals surface area contributed by atoms with Gasteiger partial charge >= 0.3 is 0 Å². The highest BCUT2D eigenvalue weighted by atomic mass is 19.1. The van der Waals surface area contributed by atoms with Gasteiger partial charge in [0.2, 0.25) is 5.91 Å². The molecule has 1 amide bonds. The number of carbonyl (C=O) groups is 1. The molecule has 0 bridgehead atoms. The molecule has 1 aliphatic rings. The monoisotopic (exact) mass is 371 g/mol. The van der Waals surface area contributed by atoms with E-state index in [1.165, 1.54) is 24.3 Å². The molecule has 6 nitrogen and oxygen atoms in total. The van der Waals surface area contributed by atoms with Crippen LogP contribution in [-0.2, 0) is 11.2 Å². The van der Waals surface area contributed by atoms with E-state index in [2.05, 4.69) is 0 Å². The number of nitro benzene ring substituents is 1. The zero-order valence-electron chi connectivity index (χ0n) is 14.9. The molecule has 1 atom stereocenters. The molecule has 27 heavy (non-hydrogen) atoms. The molecule has 1 fully saturated rings. The summed E-state index contributed by atoms with van der Waals surface area (Å²) in [6.07, 6.45) is 2.64. The Balaban J connectivity index is 1.67. The Morgan fingerprint density at radius 3 is 2.48 bits per heavy atom. The maximum atomic E-state index is 13.0. The van der Waals surface area contributed by atoms with E-state index in [9.17, 15) is 19.3 Å². The number of nitrogens with two attached hydrogens (primary N) is 1. The number of nitro groups is 1. The van der Waals surface area contributed by atoms with Crippen molar-refractivity contribution >= 4 is 11.6 Å². The van der Waals surface area contributed by atoms with Crippen LogP contribution in [0.2, 0.25) is 0 Å². The van der Waals surface area contributed by atoms with Crippen LogP contribution in [0.4, 0.5) is 10.1 Å². The van der Waals surface area contributed by atoms with Crippen molar-refractivity contribution in [2.45, 2.75) is 25.3 Å². The van der Waals surface area contributed by atoms with Crippen molar-refractivity contribution in [1.29, 1.82) is 0 Å². The van der Waals surface area contributed by atoms with Gasteiger partial charge in [-0.05, 0) is 61.5 Å². The maximum Gasteiger partial charge on any atom is 0.269 e. The number of hydrogen-bond donors (Lipinski definition) is 1. The Bertz CT molecular complexity index is 817. The smallest absolute Gasteiger partial charge is 0.269 e. The highest BCUT2D eigenvalue weighted by Gasteiger charge is 2.30. The van der Waals surface area contributed by atoms with E-state index < -0.39 is 16.9 Å². The third kappa shape index (κ3) is 4.68. The van der Waals surface area contributed by atoms with Crippen molar-refractivity contribution < 1.29 is 14.1 Å². The first-order chi connectivity index (χ1) is 12.9. The molecular weight excluding hydrogens is 349 g/mol. The van der Waals surface area contributed by atoms with Gasteiger partial charge in [0.15, 0.2) is 0 Å². The molecule has 0 saturated carbocycles. The Hall–Kier alpha value is -2.80. The fourth-order valence-electron chi connectivity index (χ4n) is 3.73. The lowest BCUT2D eigenvalue weighted by atomic mass is 9.89. The van der Waals surface area contributed by atoms with E-state index in [0.717, 1.165) is 24.8 Å². The van der Waals surface area contributed by atoms with E-state index in [0.29, 0.717) is 24.6 Å². The van der Waals surface area contributed by atoms with Gasteiger partial charge in [-0.3, -0.25) is 19.8 Å². The first kappa shape index (κ1) is 19.0. The van der Waals surface area contributed by atoms with Crippen LogP contribution in [0, 0.1) is 21.8 Å². The summed E-state index contributed by atoms with van der Waals surface area (Å²) in [6, 6.07) is 12.0. The van der Waals surface area contributed by atoms with E-state index in [1.807, 2.05) is 4.90 Å². The largest absolute Gasteiger partial charge is 0.368 e. The minimum Gasteiger partial charge on any atom is -0.368 e. The average molecular weight is 371 g/mol. The average Bonchev–Trinajstić information content (AvgIpc) is 2.65. The van der Waals surface area contributed by atoms with Crippen molar-refractivity contribution in [2.24, 2.45) is 11.7 Å². The van der Waals surface area contributed by atoms with Gasteiger partial charge in [0.1, 0.15) is 11.9 Å². The molecule has 0 radical (unpaired) electrons. The first-order valence-corrected chi connectivity index (χ1v) is 8.96. The van der Waals surface area contributed by atoms with Gasteiger partial charge < -0.3 is 5.73 Å². The van der Waals surface area contributed by atoms with Gasteiger partial charge in [-0.15, -0.1) is 0 Å². The number of primary amides is 1. The third-order valence-corrected chi connectivity index (χ3v) is 5.12. The third-order valence-electron chi connectivity index (χ3n) is 5.12. The zero-order chi connectivity index (χ0) is 19.4. The second kappa shape index (κ2) is 8.26. The minimum atomic E-state index is -0.670. The predicted molar refractivity (Wildman–Crippen MR) is 99.4 cm³/mol. The molecule has 2 aromatic rings. The molecular formula is C20H22FN3O3. The first-order valence-electron chi connectivity index (χ1n) is 8.96. The number of likely N-dealkylation sites (tertiary alicyclic amines) is 1. The molecule has 0 spiro atoms. The van der Waals surface area contributed by atoms with Crippen molar-refractivity contribution in [3.05, 3.63) is 75.6 Å². The Labute approximate surface area is 156 Å². The quantitative estimate of drug-likeness (QED) is 0.624. The predicted octanol–water partition coefficient (Wildman–Crippen LogP) is 3.22. The number of halogens is 1. The highest BCUT2D eigenvalue weighted by Crippen LogP contribution is 2.30. The second-order valence-electron chi connectivity index (χ2n) is 6.97. The molecule has 0 aromatic heterocycles. The van der Waals surface area contributed by atoms with Crippen LogP contribution in [0.3, 0.4) is 0 Å². The summed E-state index contributed by atoms with van der Waals surface area (Å²) in [4.78, 5) is 24.6. The number of piperidine rings is 1. The maximum absolute atomic E-state index is 13.0. The normalized spacial score (nSPS) is 16.8. The fraction of sp³-hybridized carbons (Fsp3) is 0.350. The minimum absolute atomic E-state index is 0.0510. The Morgan fingerprint density at radius 2 is 1.89 bits per heavy atom. The van der Waals surface area contributed by atoms with Crippen molar-refractivity contribution in [3.8, 4) is 0 Å². The van der Waals surface area contributed by atoms with E-state index in [4.69, 9.17) is 5.73 Å². The van der Waals surface area contributed by atoms with Crippen LogP contribution in [0.5, 0.6) is 0 Å². The molecule has 1 aliphatic heterocycles. The van der Waals surface area contributed by atoms with Crippen LogP contribution < -0.4 is 5.73 Å². The topological polar surface area (TPSA) is 89.5 Å². The molecule has 2 N–H and O–H groups in total. The summed E-state index contributed by atoms with van der Waals surface area (Å²) in [5, 5.41) is 11.0. The number of amides is 1. The van der Waals surface area contributed by atoms with Crippen LogP contribution in [0.25, 0.3) is 0 Å². The Morgan fingerprint density at radius 1 is 1.22 bits per heavy atom. The molecule has 3 rings (SSSR count). The van der Waals surface area contributed by atoms with Crippen LogP contribution in [-0.4, -0.2) is 28.8 Å². The van der Waals surface area contributed by atoms with Gasteiger partial charge in [-0.2, -0.15) is 0 Å². The van der Waals surface area contributed by atoms with Crippen LogP contribution >= 0.6 is 0 Å². The molecule has 1 saturated heterocycles. The fourth-order valence-corrected chi connectivity index (χ4v) is 3.73. The SMILES string of the molecule is NC(=O)C(c1cccc([N+](=O)[O-])c1)N1CCC(Cc2ccc(F)cc2)CC1. The van der Waals surface area contributed by atoms with Gasteiger partial charge in [0, 0.05) is 12.1 Å². The van der Waals surface area contributed by atoms with Gasteiger partial charge in [-0.1, -0.05) is 24.3 Å². The summed E-state index contributed by atoms with van der Waals surface area (Å²) in [7, 11) is 0. The Kier molecular flexibility index (Phi) is 5.81. The van der Waals surface area contributed by atoms with E-state index in [1.54, 1.807) is 24.3 Å². The van der Waals surface area contributed by atoms with Crippen molar-refractivity contribution in [3.63, 3.8) is 0 Å². The molecule has 1 heterocycles. The lowest BCUT2D eigenvalue weighted by molar-refractivity contribution is -0.384. The van der Waals surface area contributed by atoms with Gasteiger partial charge in [0.05, 0.1) is 4.92 Å². The number of hydrogen-bond acceptors (Lipinski definition) is 4. The second-order valence-corrected chi connectivity index (χ2v) is 6.97. The molecule has 7 heteroatoms. The van der Waals surface area contributed by atoms with Gasteiger partial charge in [-0.25, -0.2) is 4.39 Å². The number of nitrogens with zero attached hydrogens (tertiary/aromatic N) is 2. The zero-order valence-corrected chi connectivity index (χ0v) is 14.9. The van der Waals surface area contributed by atoms with Crippen LogP contribution in [0.1, 0.15) is 30.0 Å². The summed E-state index contributed by atoms with van der Waals surface area (Å²) in [6.45, 7) is 1.37.